The number of aliphatic imine (C=N–C) groups is 1. The second kappa shape index (κ2) is 11.4. The van der Waals surface area contributed by atoms with Crippen molar-refractivity contribution in [3.05, 3.63) is 47.8 Å². The van der Waals surface area contributed by atoms with E-state index in [1.54, 1.807) is 7.05 Å². The molecular formula is C19H30IN5OS. The molecule has 0 aliphatic heterocycles. The summed E-state index contributed by atoms with van der Waals surface area (Å²) < 4.78 is 14.2. The lowest BCUT2D eigenvalue weighted by molar-refractivity contribution is 0.475. The van der Waals surface area contributed by atoms with Gasteiger partial charge in [0, 0.05) is 56.6 Å². The highest BCUT2D eigenvalue weighted by molar-refractivity contribution is 14.0. The van der Waals surface area contributed by atoms with Gasteiger partial charge in [-0.15, -0.1) is 24.0 Å². The van der Waals surface area contributed by atoms with Gasteiger partial charge in [-0.2, -0.15) is 5.10 Å². The second-order valence-corrected chi connectivity index (χ2v) is 8.13. The van der Waals surface area contributed by atoms with Crippen LogP contribution in [0.25, 0.3) is 0 Å². The number of halogens is 1. The molecule has 2 rings (SSSR count). The van der Waals surface area contributed by atoms with Crippen LogP contribution in [0.1, 0.15) is 31.0 Å². The summed E-state index contributed by atoms with van der Waals surface area (Å²) in [6.45, 7) is 5.63. The van der Waals surface area contributed by atoms with Gasteiger partial charge in [-0.25, -0.2) is 0 Å². The van der Waals surface area contributed by atoms with Crippen LogP contribution in [0.15, 0.2) is 46.4 Å². The molecule has 1 N–H and O–H groups in total. The Labute approximate surface area is 181 Å². The highest BCUT2D eigenvalue weighted by Gasteiger charge is 2.15. The van der Waals surface area contributed by atoms with Crippen LogP contribution in [0.2, 0.25) is 0 Å². The number of nitrogens with one attached hydrogen (secondary N) is 1. The Morgan fingerprint density at radius 3 is 2.59 bits per heavy atom. The summed E-state index contributed by atoms with van der Waals surface area (Å²) in [5.74, 6) is 1.71. The summed E-state index contributed by atoms with van der Waals surface area (Å²) >= 11 is 0. The average Bonchev–Trinajstić information content (AvgIpc) is 2.99. The van der Waals surface area contributed by atoms with E-state index < -0.39 is 10.8 Å². The predicted octanol–water partition coefficient (Wildman–Crippen LogP) is 2.98. The van der Waals surface area contributed by atoms with Gasteiger partial charge in [0.05, 0.1) is 16.5 Å². The summed E-state index contributed by atoms with van der Waals surface area (Å²) in [7, 11) is 4.70. The lowest BCUT2D eigenvalue weighted by Gasteiger charge is -2.22. The fourth-order valence-corrected chi connectivity index (χ4v) is 3.81. The van der Waals surface area contributed by atoms with E-state index in [9.17, 15) is 4.21 Å². The highest BCUT2D eigenvalue weighted by Crippen LogP contribution is 2.18. The third-order valence-corrected chi connectivity index (χ3v) is 5.41. The van der Waals surface area contributed by atoms with Crippen LogP contribution in [0.4, 0.5) is 0 Å². The summed E-state index contributed by atoms with van der Waals surface area (Å²) in [5, 5.41) is 7.86. The van der Waals surface area contributed by atoms with E-state index in [4.69, 9.17) is 0 Å². The average molecular weight is 503 g/mol. The molecule has 6 nitrogen and oxygen atoms in total. The Morgan fingerprint density at radius 2 is 2.00 bits per heavy atom. The van der Waals surface area contributed by atoms with Gasteiger partial charge in [0.1, 0.15) is 0 Å². The number of rotatable bonds is 7. The molecule has 8 heteroatoms. The Bertz CT molecular complexity index is 761. The second-order valence-electron chi connectivity index (χ2n) is 6.56. The molecule has 0 spiro atoms. The van der Waals surface area contributed by atoms with E-state index >= 15 is 0 Å². The number of nitrogens with zero attached hydrogens (tertiary/aromatic N) is 4. The van der Waals surface area contributed by atoms with Crippen LogP contribution < -0.4 is 5.32 Å². The van der Waals surface area contributed by atoms with E-state index in [2.05, 4.69) is 40.4 Å². The molecular weight excluding hydrogens is 473 g/mol. The molecule has 0 saturated heterocycles. The number of hydrogen-bond donors (Lipinski definition) is 1. The Balaban J connectivity index is 0.00000364. The number of hydrogen-bond acceptors (Lipinski definition) is 3. The van der Waals surface area contributed by atoms with Gasteiger partial charge >= 0.3 is 0 Å². The minimum absolute atomic E-state index is 0. The third-order valence-electron chi connectivity index (χ3n) is 4.04. The van der Waals surface area contributed by atoms with Gasteiger partial charge in [-0.3, -0.25) is 13.9 Å². The summed E-state index contributed by atoms with van der Waals surface area (Å²) in [6.07, 6.45) is 2.06. The van der Waals surface area contributed by atoms with Gasteiger partial charge in [-0.05, 0) is 18.1 Å². The van der Waals surface area contributed by atoms with Crippen molar-refractivity contribution in [3.63, 3.8) is 0 Å². The topological polar surface area (TPSA) is 62.5 Å². The van der Waals surface area contributed by atoms with Crippen LogP contribution in [-0.4, -0.2) is 51.2 Å². The van der Waals surface area contributed by atoms with Gasteiger partial charge in [0.2, 0.25) is 0 Å². The van der Waals surface area contributed by atoms with E-state index in [0.29, 0.717) is 18.2 Å². The molecule has 0 saturated carbocycles. The molecule has 0 fully saturated rings. The monoisotopic (exact) mass is 503 g/mol. The first-order valence-electron chi connectivity index (χ1n) is 8.80. The van der Waals surface area contributed by atoms with Crippen molar-refractivity contribution in [2.75, 3.05) is 26.4 Å². The van der Waals surface area contributed by atoms with Crippen LogP contribution >= 0.6 is 24.0 Å². The summed E-state index contributed by atoms with van der Waals surface area (Å²) in [6, 6.07) is 9.54. The lowest BCUT2D eigenvalue weighted by atomic mass is 10.1. The van der Waals surface area contributed by atoms with E-state index in [-0.39, 0.29) is 24.0 Å². The zero-order chi connectivity index (χ0) is 19.1. The maximum absolute atomic E-state index is 12.3. The Kier molecular flexibility index (Phi) is 10.00. The van der Waals surface area contributed by atoms with E-state index in [0.717, 1.165) is 23.1 Å². The Hall–Kier alpha value is -1.42. The van der Waals surface area contributed by atoms with Crippen LogP contribution in [0.3, 0.4) is 0 Å². The van der Waals surface area contributed by atoms with Gasteiger partial charge < -0.3 is 10.2 Å². The maximum atomic E-state index is 12.3. The fourth-order valence-electron chi connectivity index (χ4n) is 2.82. The number of benzene rings is 1. The molecule has 1 unspecified atom stereocenters. The first kappa shape index (κ1) is 23.6. The van der Waals surface area contributed by atoms with Crippen LogP contribution in [0.5, 0.6) is 0 Å². The molecule has 0 amide bonds. The van der Waals surface area contributed by atoms with E-state index in [1.165, 1.54) is 5.56 Å². The van der Waals surface area contributed by atoms with Crippen molar-refractivity contribution in [3.8, 4) is 0 Å². The largest absolute Gasteiger partial charge is 0.355 e. The molecule has 27 heavy (non-hydrogen) atoms. The van der Waals surface area contributed by atoms with E-state index in [1.807, 2.05) is 49.1 Å². The zero-order valence-corrected chi connectivity index (χ0v) is 19.8. The molecule has 0 aliphatic rings. The van der Waals surface area contributed by atoms with Gasteiger partial charge in [-0.1, -0.05) is 32.0 Å². The lowest BCUT2D eigenvalue weighted by Crippen LogP contribution is -2.40. The summed E-state index contributed by atoms with van der Waals surface area (Å²) in [4.78, 5) is 7.26. The normalized spacial score (nSPS) is 12.6. The minimum Gasteiger partial charge on any atom is -0.355 e. The fraction of sp³-hybridized carbons (Fsp3) is 0.474. The highest BCUT2D eigenvalue weighted by atomic mass is 127. The molecule has 1 aromatic heterocycles. The van der Waals surface area contributed by atoms with Crippen molar-refractivity contribution in [1.29, 1.82) is 0 Å². The molecule has 1 aromatic carbocycles. The SMILES string of the molecule is CN=C(NCCS(=O)c1ccccc1)N(C)Cc1cn(C)nc1C(C)C.I. The third kappa shape index (κ3) is 6.91. The van der Waals surface area contributed by atoms with Crippen molar-refractivity contribution < 1.29 is 4.21 Å². The quantitative estimate of drug-likeness (QED) is 0.359. The predicted molar refractivity (Wildman–Crippen MR) is 123 cm³/mol. The minimum atomic E-state index is -1.01. The number of guanidine groups is 1. The Morgan fingerprint density at radius 1 is 1.33 bits per heavy atom. The summed E-state index contributed by atoms with van der Waals surface area (Å²) in [5.41, 5.74) is 2.31. The van der Waals surface area contributed by atoms with Crippen LogP contribution in [-0.2, 0) is 24.4 Å². The number of aromatic nitrogens is 2. The van der Waals surface area contributed by atoms with Gasteiger partial charge in [0.15, 0.2) is 5.96 Å². The van der Waals surface area contributed by atoms with Crippen molar-refractivity contribution in [1.82, 2.24) is 20.0 Å². The molecule has 0 radical (unpaired) electrons. The molecule has 0 aliphatic carbocycles. The zero-order valence-electron chi connectivity index (χ0n) is 16.7. The first-order valence-corrected chi connectivity index (χ1v) is 10.1. The maximum Gasteiger partial charge on any atom is 0.193 e. The molecule has 1 atom stereocenters. The van der Waals surface area contributed by atoms with Crippen molar-refractivity contribution in [2.24, 2.45) is 12.0 Å². The van der Waals surface area contributed by atoms with Crippen LogP contribution in [0, 0.1) is 0 Å². The molecule has 150 valence electrons. The first-order chi connectivity index (χ1) is 12.4. The van der Waals surface area contributed by atoms with Gasteiger partial charge in [0.25, 0.3) is 0 Å². The number of aryl methyl sites for hydroxylation is 1. The molecule has 1 heterocycles. The smallest absolute Gasteiger partial charge is 0.193 e. The molecule has 0 bridgehead atoms. The van der Waals surface area contributed by atoms with Crippen molar-refractivity contribution >= 4 is 40.7 Å². The van der Waals surface area contributed by atoms with Crippen molar-refractivity contribution in [2.45, 2.75) is 31.2 Å². The molecule has 2 aromatic rings. The standard InChI is InChI=1S/C19H29N5OS.HI/c1-15(2)18-16(14-24(5)22-18)13-23(4)19(20-3)21-11-12-26(25)17-9-7-6-8-10-17;/h6-10,14-15H,11-13H2,1-5H3,(H,20,21);1H.